The summed E-state index contributed by atoms with van der Waals surface area (Å²) in [5.41, 5.74) is 2.16. The molecule has 2 heteroatoms. The summed E-state index contributed by atoms with van der Waals surface area (Å²) in [4.78, 5) is 2.06. The summed E-state index contributed by atoms with van der Waals surface area (Å²) >= 11 is 0. The Kier molecular flexibility index (Phi) is 4.81. The molecular weight excluding hydrogens is 198 g/mol. The molecule has 2 atom stereocenters. The number of aliphatic hydroxyl groups is 1. The van der Waals surface area contributed by atoms with Gasteiger partial charge in [-0.15, -0.1) is 0 Å². The first-order chi connectivity index (χ1) is 7.54. The Morgan fingerprint density at radius 3 is 2.56 bits per heavy atom. The SMILES string of the molecule is CCC(C)CC(O)c1cccc(N(C)C)c1. The molecule has 0 spiro atoms. The van der Waals surface area contributed by atoms with E-state index >= 15 is 0 Å². The lowest BCUT2D eigenvalue weighted by molar-refractivity contribution is 0.146. The number of anilines is 1. The highest BCUT2D eigenvalue weighted by Gasteiger charge is 2.11. The van der Waals surface area contributed by atoms with E-state index in [9.17, 15) is 5.11 Å². The highest BCUT2D eigenvalue weighted by molar-refractivity contribution is 5.47. The molecule has 0 aromatic heterocycles. The number of hydrogen-bond acceptors (Lipinski definition) is 2. The topological polar surface area (TPSA) is 23.5 Å². The second-order valence-corrected chi connectivity index (χ2v) is 4.75. The molecule has 0 bridgehead atoms. The molecule has 90 valence electrons. The lowest BCUT2D eigenvalue weighted by Crippen LogP contribution is -2.10. The highest BCUT2D eigenvalue weighted by atomic mass is 16.3. The van der Waals surface area contributed by atoms with E-state index in [0.29, 0.717) is 5.92 Å². The predicted molar refractivity (Wildman–Crippen MR) is 69.8 cm³/mol. The van der Waals surface area contributed by atoms with Crippen LogP contribution in [0.1, 0.15) is 38.4 Å². The molecule has 0 aliphatic rings. The zero-order valence-corrected chi connectivity index (χ0v) is 10.8. The molecule has 0 aliphatic heterocycles. The van der Waals surface area contributed by atoms with Gasteiger partial charge in [-0.1, -0.05) is 32.4 Å². The first kappa shape index (κ1) is 13.0. The summed E-state index contributed by atoms with van der Waals surface area (Å²) in [5, 5.41) is 10.1. The lowest BCUT2D eigenvalue weighted by atomic mass is 9.96. The van der Waals surface area contributed by atoms with Crippen LogP contribution in [0.3, 0.4) is 0 Å². The molecule has 0 amide bonds. The molecule has 0 heterocycles. The van der Waals surface area contributed by atoms with Gasteiger partial charge in [0, 0.05) is 19.8 Å². The number of hydrogen-bond donors (Lipinski definition) is 1. The Hall–Kier alpha value is -1.02. The molecule has 1 aromatic rings. The van der Waals surface area contributed by atoms with E-state index in [0.717, 1.165) is 24.1 Å². The summed E-state index contributed by atoms with van der Waals surface area (Å²) < 4.78 is 0. The molecule has 2 nitrogen and oxygen atoms in total. The van der Waals surface area contributed by atoms with Crippen LogP contribution < -0.4 is 4.90 Å². The minimum absolute atomic E-state index is 0.338. The number of nitrogens with zero attached hydrogens (tertiary/aromatic N) is 1. The van der Waals surface area contributed by atoms with Crippen LogP contribution in [-0.2, 0) is 0 Å². The Morgan fingerprint density at radius 2 is 2.00 bits per heavy atom. The Bertz CT molecular complexity index is 322. The fourth-order valence-corrected chi connectivity index (χ4v) is 1.69. The summed E-state index contributed by atoms with van der Waals surface area (Å²) in [6, 6.07) is 8.12. The van der Waals surface area contributed by atoms with Gasteiger partial charge < -0.3 is 10.0 Å². The van der Waals surface area contributed by atoms with Gasteiger partial charge in [0.1, 0.15) is 0 Å². The molecule has 0 saturated carbocycles. The van der Waals surface area contributed by atoms with Crippen LogP contribution in [0.5, 0.6) is 0 Å². The van der Waals surface area contributed by atoms with Gasteiger partial charge in [0.25, 0.3) is 0 Å². The van der Waals surface area contributed by atoms with Crippen LogP contribution in [0, 0.1) is 5.92 Å². The minimum atomic E-state index is -0.338. The smallest absolute Gasteiger partial charge is 0.0793 e. The zero-order chi connectivity index (χ0) is 12.1. The lowest BCUT2D eigenvalue weighted by Gasteiger charge is -2.18. The third-order valence-corrected chi connectivity index (χ3v) is 3.09. The van der Waals surface area contributed by atoms with E-state index in [4.69, 9.17) is 0 Å². The van der Waals surface area contributed by atoms with E-state index in [1.807, 2.05) is 26.2 Å². The van der Waals surface area contributed by atoms with Crippen LogP contribution in [0.4, 0.5) is 5.69 Å². The van der Waals surface area contributed by atoms with E-state index in [1.165, 1.54) is 0 Å². The fourth-order valence-electron chi connectivity index (χ4n) is 1.69. The van der Waals surface area contributed by atoms with Crippen LogP contribution in [-0.4, -0.2) is 19.2 Å². The van der Waals surface area contributed by atoms with E-state index < -0.39 is 0 Å². The van der Waals surface area contributed by atoms with Crippen molar-refractivity contribution in [1.82, 2.24) is 0 Å². The van der Waals surface area contributed by atoms with Crippen LogP contribution >= 0.6 is 0 Å². The third-order valence-electron chi connectivity index (χ3n) is 3.09. The van der Waals surface area contributed by atoms with Crippen molar-refractivity contribution in [2.24, 2.45) is 5.92 Å². The van der Waals surface area contributed by atoms with Crippen molar-refractivity contribution in [3.8, 4) is 0 Å². The average molecular weight is 221 g/mol. The maximum Gasteiger partial charge on any atom is 0.0793 e. The maximum absolute atomic E-state index is 10.1. The standard InChI is InChI=1S/C14H23NO/c1-5-11(2)9-14(16)12-7-6-8-13(10-12)15(3)4/h6-8,10-11,14,16H,5,9H2,1-4H3. The second kappa shape index (κ2) is 5.90. The van der Waals surface area contributed by atoms with Gasteiger partial charge >= 0.3 is 0 Å². The van der Waals surface area contributed by atoms with Crippen molar-refractivity contribution in [1.29, 1.82) is 0 Å². The molecule has 2 unspecified atom stereocenters. The van der Waals surface area contributed by atoms with Crippen molar-refractivity contribution in [3.05, 3.63) is 29.8 Å². The minimum Gasteiger partial charge on any atom is -0.388 e. The number of benzene rings is 1. The molecule has 1 rings (SSSR count). The third kappa shape index (κ3) is 3.53. The summed E-state index contributed by atoms with van der Waals surface area (Å²) in [6.07, 6.45) is 1.62. The van der Waals surface area contributed by atoms with Gasteiger partial charge in [-0.25, -0.2) is 0 Å². The van der Waals surface area contributed by atoms with Crippen LogP contribution in [0.15, 0.2) is 24.3 Å². The fraction of sp³-hybridized carbons (Fsp3) is 0.571. The molecule has 1 N–H and O–H groups in total. The first-order valence-electron chi connectivity index (χ1n) is 6.00. The van der Waals surface area contributed by atoms with E-state index in [1.54, 1.807) is 0 Å². The second-order valence-electron chi connectivity index (χ2n) is 4.75. The van der Waals surface area contributed by atoms with E-state index in [-0.39, 0.29) is 6.10 Å². The normalized spacial score (nSPS) is 14.6. The molecule has 0 aliphatic carbocycles. The van der Waals surface area contributed by atoms with Crippen molar-refractivity contribution >= 4 is 5.69 Å². The van der Waals surface area contributed by atoms with Gasteiger partial charge in [-0.3, -0.25) is 0 Å². The van der Waals surface area contributed by atoms with E-state index in [2.05, 4.69) is 30.9 Å². The van der Waals surface area contributed by atoms with Gasteiger partial charge in [-0.2, -0.15) is 0 Å². The van der Waals surface area contributed by atoms with Gasteiger partial charge in [-0.05, 0) is 30.0 Å². The molecule has 0 radical (unpaired) electrons. The monoisotopic (exact) mass is 221 g/mol. The summed E-state index contributed by atoms with van der Waals surface area (Å²) in [5.74, 6) is 0.568. The van der Waals surface area contributed by atoms with Crippen LogP contribution in [0.25, 0.3) is 0 Å². The molecular formula is C14H23NO. The molecule has 1 aromatic carbocycles. The predicted octanol–water partition coefficient (Wildman–Crippen LogP) is 3.22. The van der Waals surface area contributed by atoms with Crippen molar-refractivity contribution < 1.29 is 5.11 Å². The first-order valence-corrected chi connectivity index (χ1v) is 6.00. The Labute approximate surface area is 98.9 Å². The highest BCUT2D eigenvalue weighted by Crippen LogP contribution is 2.25. The molecule has 16 heavy (non-hydrogen) atoms. The summed E-state index contributed by atoms with van der Waals surface area (Å²) in [7, 11) is 4.03. The molecule has 0 saturated heterocycles. The maximum atomic E-state index is 10.1. The van der Waals surface area contributed by atoms with Crippen molar-refractivity contribution in [2.45, 2.75) is 32.8 Å². The van der Waals surface area contributed by atoms with Crippen molar-refractivity contribution in [2.75, 3.05) is 19.0 Å². The van der Waals surface area contributed by atoms with Crippen LogP contribution in [0.2, 0.25) is 0 Å². The largest absolute Gasteiger partial charge is 0.388 e. The number of rotatable bonds is 5. The van der Waals surface area contributed by atoms with Gasteiger partial charge in [0.15, 0.2) is 0 Å². The van der Waals surface area contributed by atoms with Gasteiger partial charge in [0.2, 0.25) is 0 Å². The average Bonchev–Trinajstić information content (AvgIpc) is 2.28. The van der Waals surface area contributed by atoms with Gasteiger partial charge in [0.05, 0.1) is 6.10 Å². The van der Waals surface area contributed by atoms with Crippen molar-refractivity contribution in [3.63, 3.8) is 0 Å². The summed E-state index contributed by atoms with van der Waals surface area (Å²) in [6.45, 7) is 4.34. The quantitative estimate of drug-likeness (QED) is 0.825. The molecule has 0 fully saturated rings. The zero-order valence-electron chi connectivity index (χ0n) is 10.8. The number of aliphatic hydroxyl groups excluding tert-OH is 1. The Balaban J connectivity index is 2.75. The Morgan fingerprint density at radius 1 is 1.31 bits per heavy atom.